The van der Waals surface area contributed by atoms with Gasteiger partial charge in [-0.3, -0.25) is 0 Å². The van der Waals surface area contributed by atoms with Crippen LogP contribution in [0, 0.1) is 0 Å². The standard InChI is InChI=1S/C4H15NSi2/c1-2-3-4-7-5-6/h5H,2-4,7H2,1,6H3. The highest BCUT2D eigenvalue weighted by Gasteiger charge is 1.80. The van der Waals surface area contributed by atoms with Crippen LogP contribution in [-0.4, -0.2) is 20.1 Å². The maximum atomic E-state index is 3.38. The third-order valence-corrected chi connectivity index (χ3v) is 3.88. The molecule has 0 aliphatic rings. The van der Waals surface area contributed by atoms with Crippen LogP contribution in [0.15, 0.2) is 0 Å². The summed E-state index contributed by atoms with van der Waals surface area (Å²) in [6.07, 6.45) is 2.82. The predicted molar refractivity (Wildman–Crippen MR) is 41.3 cm³/mol. The van der Waals surface area contributed by atoms with Gasteiger partial charge in [0.15, 0.2) is 0 Å². The molecule has 0 bridgehead atoms. The molecule has 7 heavy (non-hydrogen) atoms. The van der Waals surface area contributed by atoms with Crippen LogP contribution in [0.25, 0.3) is 0 Å². The monoisotopic (exact) mass is 133 g/mol. The van der Waals surface area contributed by atoms with E-state index in [4.69, 9.17) is 0 Å². The smallest absolute Gasteiger partial charge is 0.0842 e. The van der Waals surface area contributed by atoms with E-state index in [1.54, 1.807) is 0 Å². The molecule has 0 saturated heterocycles. The minimum atomic E-state index is 0.222. The second-order valence-corrected chi connectivity index (χ2v) is 5.85. The summed E-state index contributed by atoms with van der Waals surface area (Å²) in [6.45, 7) is 2.25. The molecular weight excluding hydrogens is 118 g/mol. The molecule has 0 spiro atoms. The van der Waals surface area contributed by atoms with Gasteiger partial charge in [0.2, 0.25) is 0 Å². The minimum Gasteiger partial charge on any atom is -0.372 e. The minimum absolute atomic E-state index is 0.222. The molecule has 0 aliphatic carbocycles. The van der Waals surface area contributed by atoms with Gasteiger partial charge in [-0.1, -0.05) is 25.8 Å². The average Bonchev–Trinajstić information content (AvgIpc) is 1.69. The molecule has 0 fully saturated rings. The van der Waals surface area contributed by atoms with Crippen LogP contribution in [0.2, 0.25) is 6.04 Å². The van der Waals surface area contributed by atoms with E-state index in [0.29, 0.717) is 0 Å². The van der Waals surface area contributed by atoms with Gasteiger partial charge in [-0.05, 0) is 0 Å². The zero-order chi connectivity index (χ0) is 5.54. The molecule has 0 saturated carbocycles. The van der Waals surface area contributed by atoms with E-state index >= 15 is 0 Å². The maximum absolute atomic E-state index is 3.38. The number of hydrogen-bond acceptors (Lipinski definition) is 1. The van der Waals surface area contributed by atoms with Crippen molar-refractivity contribution in [1.82, 2.24) is 4.65 Å². The van der Waals surface area contributed by atoms with Crippen molar-refractivity contribution in [3.05, 3.63) is 0 Å². The lowest BCUT2D eigenvalue weighted by Crippen LogP contribution is -2.13. The molecule has 0 aromatic carbocycles. The van der Waals surface area contributed by atoms with Crippen molar-refractivity contribution in [3.63, 3.8) is 0 Å². The topological polar surface area (TPSA) is 12.0 Å². The summed E-state index contributed by atoms with van der Waals surface area (Å²) in [5, 5.41) is 0. The van der Waals surface area contributed by atoms with Crippen molar-refractivity contribution in [3.8, 4) is 0 Å². The second kappa shape index (κ2) is 6.39. The van der Waals surface area contributed by atoms with E-state index in [9.17, 15) is 0 Å². The third-order valence-electron chi connectivity index (χ3n) is 1.03. The normalized spacial score (nSPS) is 11.6. The van der Waals surface area contributed by atoms with E-state index in [1.165, 1.54) is 29.3 Å². The molecule has 0 atom stereocenters. The lowest BCUT2D eigenvalue weighted by molar-refractivity contribution is 0.877. The van der Waals surface area contributed by atoms with Crippen LogP contribution in [0.3, 0.4) is 0 Å². The van der Waals surface area contributed by atoms with Crippen LogP contribution in [0.1, 0.15) is 19.8 Å². The highest BCUT2D eigenvalue weighted by molar-refractivity contribution is 6.41. The van der Waals surface area contributed by atoms with Gasteiger partial charge < -0.3 is 4.65 Å². The first-order valence-electron chi connectivity index (χ1n) is 3.06. The Hall–Kier alpha value is 0.394. The van der Waals surface area contributed by atoms with Crippen molar-refractivity contribution < 1.29 is 0 Å². The molecule has 0 aromatic rings. The molecule has 44 valence electrons. The Kier molecular flexibility index (Phi) is 6.75. The van der Waals surface area contributed by atoms with Gasteiger partial charge in [0.05, 0.1) is 20.1 Å². The molecule has 0 amide bonds. The van der Waals surface area contributed by atoms with Crippen molar-refractivity contribution in [2.75, 3.05) is 0 Å². The zero-order valence-corrected chi connectivity index (χ0v) is 8.74. The predicted octanol–water partition coefficient (Wildman–Crippen LogP) is -0.841. The van der Waals surface area contributed by atoms with Crippen LogP contribution in [-0.2, 0) is 0 Å². The molecule has 3 heteroatoms. The SMILES string of the molecule is CCCC[SiH2]N[SiH3]. The lowest BCUT2D eigenvalue weighted by atomic mass is 10.4. The van der Waals surface area contributed by atoms with E-state index in [-0.39, 0.29) is 9.68 Å². The molecule has 0 unspecified atom stereocenters. The molecule has 0 radical (unpaired) electrons. The molecule has 1 nitrogen and oxygen atoms in total. The first-order valence-corrected chi connectivity index (χ1v) is 5.77. The Bertz CT molecular complexity index is 28.9. The summed E-state index contributed by atoms with van der Waals surface area (Å²) in [7, 11) is 1.44. The summed E-state index contributed by atoms with van der Waals surface area (Å²) in [5.74, 6) is 0. The van der Waals surface area contributed by atoms with Crippen molar-refractivity contribution >= 4 is 20.1 Å². The third kappa shape index (κ3) is 6.39. The molecule has 0 rings (SSSR count). The summed E-state index contributed by atoms with van der Waals surface area (Å²) >= 11 is 0. The van der Waals surface area contributed by atoms with Crippen LogP contribution in [0.5, 0.6) is 0 Å². The Labute approximate surface area is 51.3 Å². The first-order chi connectivity index (χ1) is 3.41. The largest absolute Gasteiger partial charge is 0.372 e. The highest BCUT2D eigenvalue weighted by Crippen LogP contribution is 1.89. The van der Waals surface area contributed by atoms with Gasteiger partial charge in [-0.2, -0.15) is 0 Å². The van der Waals surface area contributed by atoms with Gasteiger partial charge in [-0.15, -0.1) is 0 Å². The van der Waals surface area contributed by atoms with Gasteiger partial charge in [0.25, 0.3) is 0 Å². The fourth-order valence-corrected chi connectivity index (χ4v) is 2.72. The Morgan fingerprint density at radius 2 is 2.43 bits per heavy atom. The Morgan fingerprint density at radius 3 is 2.86 bits per heavy atom. The van der Waals surface area contributed by atoms with Crippen LogP contribution in [0.4, 0.5) is 0 Å². The van der Waals surface area contributed by atoms with Gasteiger partial charge in [-0.25, -0.2) is 0 Å². The fourth-order valence-electron chi connectivity index (χ4n) is 0.552. The van der Waals surface area contributed by atoms with E-state index in [1.807, 2.05) is 0 Å². The van der Waals surface area contributed by atoms with E-state index in [2.05, 4.69) is 11.6 Å². The van der Waals surface area contributed by atoms with Crippen molar-refractivity contribution in [1.29, 1.82) is 0 Å². The van der Waals surface area contributed by atoms with Crippen LogP contribution < -0.4 is 4.65 Å². The fraction of sp³-hybridized carbons (Fsp3) is 1.00. The van der Waals surface area contributed by atoms with Crippen molar-refractivity contribution in [2.45, 2.75) is 25.8 Å². The quantitative estimate of drug-likeness (QED) is 0.389. The number of rotatable bonds is 4. The second-order valence-electron chi connectivity index (χ2n) is 1.81. The molecule has 0 aromatic heterocycles. The molecule has 0 aliphatic heterocycles. The zero-order valence-electron chi connectivity index (χ0n) is 5.33. The van der Waals surface area contributed by atoms with E-state index in [0.717, 1.165) is 0 Å². The lowest BCUT2D eigenvalue weighted by Gasteiger charge is -1.92. The molecular formula is C4H15NSi2. The van der Waals surface area contributed by atoms with Crippen LogP contribution >= 0.6 is 0 Å². The Morgan fingerprint density at radius 1 is 1.71 bits per heavy atom. The number of hydrogen-bond donors (Lipinski definition) is 1. The summed E-state index contributed by atoms with van der Waals surface area (Å²) in [4.78, 5) is 0. The first kappa shape index (κ1) is 7.39. The summed E-state index contributed by atoms with van der Waals surface area (Å²) in [6, 6.07) is 1.50. The molecule has 0 heterocycles. The van der Waals surface area contributed by atoms with Gasteiger partial charge in [0.1, 0.15) is 0 Å². The van der Waals surface area contributed by atoms with Gasteiger partial charge in [0, 0.05) is 0 Å². The Balaban J connectivity index is 2.45. The van der Waals surface area contributed by atoms with E-state index < -0.39 is 0 Å². The number of nitrogens with one attached hydrogen (secondary N) is 1. The average molecular weight is 133 g/mol. The van der Waals surface area contributed by atoms with Gasteiger partial charge >= 0.3 is 0 Å². The molecule has 1 N–H and O–H groups in total. The van der Waals surface area contributed by atoms with Crippen molar-refractivity contribution in [2.24, 2.45) is 0 Å². The highest BCUT2D eigenvalue weighted by atomic mass is 28.3. The number of unbranched alkanes of at least 4 members (excludes halogenated alkanes) is 1. The summed E-state index contributed by atoms with van der Waals surface area (Å²) < 4.78 is 3.38. The summed E-state index contributed by atoms with van der Waals surface area (Å²) in [5.41, 5.74) is 0. The maximum Gasteiger partial charge on any atom is 0.0842 e.